The van der Waals surface area contributed by atoms with E-state index in [0.29, 0.717) is 39.2 Å². The molecule has 6 heteroatoms. The maximum atomic E-state index is 13.6. The summed E-state index contributed by atoms with van der Waals surface area (Å²) in [6.07, 6.45) is 0.934. The van der Waals surface area contributed by atoms with Crippen LogP contribution in [0, 0.1) is 0 Å². The van der Waals surface area contributed by atoms with Crippen molar-refractivity contribution in [2.45, 2.75) is 37.5 Å². The Labute approximate surface area is 170 Å². The van der Waals surface area contributed by atoms with Gasteiger partial charge in [0.05, 0.1) is 12.5 Å². The van der Waals surface area contributed by atoms with Gasteiger partial charge in [-0.3, -0.25) is 9.59 Å². The third kappa shape index (κ3) is 4.04. The molecule has 0 bridgehead atoms. The van der Waals surface area contributed by atoms with Gasteiger partial charge in [-0.2, -0.15) is 0 Å². The highest BCUT2D eigenvalue weighted by Gasteiger charge is 2.46. The number of hydrogen-bond donors (Lipinski definition) is 1. The Hall–Kier alpha value is -2.70. The van der Waals surface area contributed by atoms with Crippen molar-refractivity contribution < 1.29 is 24.2 Å². The highest BCUT2D eigenvalue weighted by molar-refractivity contribution is 5.87. The van der Waals surface area contributed by atoms with Crippen LogP contribution in [0.4, 0.5) is 0 Å². The minimum absolute atomic E-state index is 0.141. The van der Waals surface area contributed by atoms with Gasteiger partial charge in [0.25, 0.3) is 5.91 Å². The molecule has 2 aromatic carbocycles. The molecule has 1 unspecified atom stereocenters. The number of carbonyl (C=O) groups excluding carboxylic acids is 1. The van der Waals surface area contributed by atoms with E-state index in [9.17, 15) is 14.7 Å². The van der Waals surface area contributed by atoms with Gasteiger partial charge in [0.1, 0.15) is 0 Å². The number of amides is 1. The van der Waals surface area contributed by atoms with E-state index in [2.05, 4.69) is 0 Å². The smallest absolute Gasteiger partial charge is 0.312 e. The fraction of sp³-hybridized carbons (Fsp3) is 0.391. The van der Waals surface area contributed by atoms with Gasteiger partial charge in [-0.25, -0.2) is 0 Å². The first-order valence-electron chi connectivity index (χ1n) is 9.95. The molecule has 29 heavy (non-hydrogen) atoms. The monoisotopic (exact) mass is 395 g/mol. The van der Waals surface area contributed by atoms with Crippen LogP contribution in [-0.4, -0.2) is 47.2 Å². The standard InChI is InChI=1S/C23H25NO5/c25-21(26)20-15-24(14-18-8-4-5-9-19(18)20)22(27)23(10-12-28-13-11-23)29-16-17-6-2-1-3-7-17/h1-9,20H,10-16H2,(H,25,26). The Morgan fingerprint density at radius 3 is 2.48 bits per heavy atom. The van der Waals surface area contributed by atoms with Crippen LogP contribution in [0.15, 0.2) is 54.6 Å². The molecule has 0 spiro atoms. The summed E-state index contributed by atoms with van der Waals surface area (Å²) >= 11 is 0. The maximum Gasteiger partial charge on any atom is 0.312 e. The Balaban J connectivity index is 1.58. The van der Waals surface area contributed by atoms with E-state index in [1.54, 1.807) is 4.90 Å². The Morgan fingerprint density at radius 1 is 1.07 bits per heavy atom. The van der Waals surface area contributed by atoms with Gasteiger partial charge in [-0.05, 0) is 16.7 Å². The van der Waals surface area contributed by atoms with Crippen LogP contribution in [0.3, 0.4) is 0 Å². The molecule has 2 aliphatic heterocycles. The average Bonchev–Trinajstić information content (AvgIpc) is 2.77. The lowest BCUT2D eigenvalue weighted by atomic mass is 9.86. The van der Waals surface area contributed by atoms with Gasteiger partial charge in [-0.1, -0.05) is 54.6 Å². The number of carboxylic acid groups (broad SMARTS) is 1. The molecule has 1 N–H and O–H groups in total. The molecular weight excluding hydrogens is 370 g/mol. The number of carboxylic acids is 1. The second kappa shape index (κ2) is 8.35. The van der Waals surface area contributed by atoms with E-state index in [0.717, 1.165) is 16.7 Å². The highest BCUT2D eigenvalue weighted by atomic mass is 16.5. The van der Waals surface area contributed by atoms with Crippen LogP contribution in [-0.2, 0) is 32.2 Å². The molecule has 4 rings (SSSR count). The van der Waals surface area contributed by atoms with Gasteiger partial charge in [-0.15, -0.1) is 0 Å². The molecule has 0 aromatic heterocycles. The first-order valence-corrected chi connectivity index (χ1v) is 9.95. The zero-order valence-corrected chi connectivity index (χ0v) is 16.3. The molecule has 1 fully saturated rings. The van der Waals surface area contributed by atoms with E-state index in [1.165, 1.54) is 0 Å². The van der Waals surface area contributed by atoms with E-state index in [4.69, 9.17) is 9.47 Å². The first kappa shape index (κ1) is 19.6. The molecule has 1 amide bonds. The zero-order valence-electron chi connectivity index (χ0n) is 16.3. The fourth-order valence-electron chi connectivity index (χ4n) is 4.18. The highest BCUT2D eigenvalue weighted by Crippen LogP contribution is 2.34. The summed E-state index contributed by atoms with van der Waals surface area (Å²) in [4.78, 5) is 27.1. The largest absolute Gasteiger partial charge is 0.481 e. The van der Waals surface area contributed by atoms with Gasteiger partial charge in [0.15, 0.2) is 5.60 Å². The minimum Gasteiger partial charge on any atom is -0.481 e. The minimum atomic E-state index is -0.983. The van der Waals surface area contributed by atoms with Crippen molar-refractivity contribution in [1.82, 2.24) is 4.90 Å². The summed E-state index contributed by atoms with van der Waals surface area (Å²) in [5, 5.41) is 9.72. The molecule has 0 saturated carbocycles. The fourth-order valence-corrected chi connectivity index (χ4v) is 4.18. The van der Waals surface area contributed by atoms with E-state index in [-0.39, 0.29) is 12.5 Å². The van der Waals surface area contributed by atoms with E-state index >= 15 is 0 Å². The molecule has 2 heterocycles. The summed E-state index contributed by atoms with van der Waals surface area (Å²) in [6, 6.07) is 17.2. The van der Waals surface area contributed by atoms with Crippen molar-refractivity contribution in [3.63, 3.8) is 0 Å². The number of ether oxygens (including phenoxy) is 2. The van der Waals surface area contributed by atoms with Crippen LogP contribution in [0.25, 0.3) is 0 Å². The SMILES string of the molecule is O=C(O)C1CN(C(=O)C2(OCc3ccccc3)CCOCC2)Cc2ccccc21. The van der Waals surface area contributed by atoms with Gasteiger partial charge in [0, 0.05) is 39.1 Å². The van der Waals surface area contributed by atoms with Crippen molar-refractivity contribution >= 4 is 11.9 Å². The number of hydrogen-bond acceptors (Lipinski definition) is 4. The second-order valence-corrected chi connectivity index (χ2v) is 7.66. The second-order valence-electron chi connectivity index (χ2n) is 7.66. The molecule has 2 aromatic rings. The van der Waals surface area contributed by atoms with Gasteiger partial charge in [0.2, 0.25) is 0 Å². The van der Waals surface area contributed by atoms with Crippen molar-refractivity contribution in [1.29, 1.82) is 0 Å². The van der Waals surface area contributed by atoms with Gasteiger partial charge < -0.3 is 19.5 Å². The summed E-state index contributed by atoms with van der Waals surface area (Å²) in [7, 11) is 0. The number of nitrogens with zero attached hydrogens (tertiary/aromatic N) is 1. The van der Waals surface area contributed by atoms with Gasteiger partial charge >= 0.3 is 5.97 Å². The molecule has 1 saturated heterocycles. The summed E-state index contributed by atoms with van der Waals surface area (Å²) < 4.78 is 11.7. The summed E-state index contributed by atoms with van der Waals surface area (Å²) in [5.41, 5.74) is 1.68. The zero-order chi connectivity index (χ0) is 20.3. The maximum absolute atomic E-state index is 13.6. The lowest BCUT2D eigenvalue weighted by Crippen LogP contribution is -2.55. The van der Waals surface area contributed by atoms with Crippen LogP contribution >= 0.6 is 0 Å². The quantitative estimate of drug-likeness (QED) is 0.842. The molecule has 1 atom stereocenters. The summed E-state index contributed by atoms with van der Waals surface area (Å²) in [6.45, 7) is 1.79. The molecule has 2 aliphatic rings. The van der Waals surface area contributed by atoms with Crippen molar-refractivity contribution in [3.8, 4) is 0 Å². The third-order valence-corrected chi connectivity index (χ3v) is 5.83. The Morgan fingerprint density at radius 2 is 1.76 bits per heavy atom. The predicted molar refractivity (Wildman–Crippen MR) is 106 cm³/mol. The Kier molecular flexibility index (Phi) is 5.65. The summed E-state index contributed by atoms with van der Waals surface area (Å²) in [5.74, 6) is -1.78. The Bertz CT molecular complexity index is 876. The number of fused-ring (bicyclic) bond motifs is 1. The van der Waals surface area contributed by atoms with Crippen molar-refractivity contribution in [3.05, 3.63) is 71.3 Å². The molecule has 6 nitrogen and oxygen atoms in total. The first-order chi connectivity index (χ1) is 14.1. The number of benzene rings is 2. The lowest BCUT2D eigenvalue weighted by Gasteiger charge is -2.42. The van der Waals surface area contributed by atoms with Crippen molar-refractivity contribution in [2.24, 2.45) is 0 Å². The van der Waals surface area contributed by atoms with Crippen LogP contribution < -0.4 is 0 Å². The number of aliphatic carboxylic acids is 1. The van der Waals surface area contributed by atoms with E-state index < -0.39 is 17.5 Å². The molecule has 0 radical (unpaired) electrons. The van der Waals surface area contributed by atoms with Crippen LogP contribution in [0.1, 0.15) is 35.4 Å². The number of rotatable bonds is 5. The van der Waals surface area contributed by atoms with Crippen molar-refractivity contribution in [2.75, 3.05) is 19.8 Å². The van der Waals surface area contributed by atoms with E-state index in [1.807, 2.05) is 54.6 Å². The molecule has 0 aliphatic carbocycles. The predicted octanol–water partition coefficient (Wildman–Crippen LogP) is 2.96. The number of carbonyl (C=O) groups is 2. The lowest BCUT2D eigenvalue weighted by molar-refractivity contribution is -0.176. The molecule has 152 valence electrons. The van der Waals surface area contributed by atoms with Crippen LogP contribution in [0.5, 0.6) is 0 Å². The normalized spacial score (nSPS) is 20.7. The average molecular weight is 395 g/mol. The third-order valence-electron chi connectivity index (χ3n) is 5.83. The van der Waals surface area contributed by atoms with Crippen LogP contribution in [0.2, 0.25) is 0 Å². The molecular formula is C23H25NO5. The topological polar surface area (TPSA) is 76.1 Å².